The van der Waals surface area contributed by atoms with Crippen LogP contribution in [0.25, 0.3) is 5.70 Å². The first-order valence-corrected chi connectivity index (χ1v) is 3.69. The summed E-state index contributed by atoms with van der Waals surface area (Å²) < 4.78 is 0. The number of rotatable bonds is 0. The molecule has 1 aromatic rings. The van der Waals surface area contributed by atoms with Crippen molar-refractivity contribution in [2.45, 2.75) is 6.42 Å². The first-order chi connectivity index (χ1) is 5.92. The Morgan fingerprint density at radius 1 is 1.58 bits per heavy atom. The van der Waals surface area contributed by atoms with Gasteiger partial charge in [0.2, 0.25) is 0 Å². The van der Waals surface area contributed by atoms with Crippen molar-refractivity contribution in [3.63, 3.8) is 0 Å². The number of hydrogen-bond donors (Lipinski definition) is 0. The normalized spacial score (nSPS) is 13.8. The van der Waals surface area contributed by atoms with E-state index in [4.69, 9.17) is 0 Å². The summed E-state index contributed by atoms with van der Waals surface area (Å²) in [6, 6.07) is 8.45. The van der Waals surface area contributed by atoms with Gasteiger partial charge in [0, 0.05) is 18.2 Å². The van der Waals surface area contributed by atoms with Gasteiger partial charge in [-0.3, -0.25) is 0 Å². The molecule has 1 aliphatic heterocycles. The molecule has 0 amide bonds. The number of carbonyl (C=O) groups excluding carboxylic acids is 1. The predicted molar refractivity (Wildman–Crippen MR) is 46.6 cm³/mol. The lowest BCUT2D eigenvalue weighted by atomic mass is 10.0. The molecule has 0 spiro atoms. The average molecular weight is 156 g/mol. The Morgan fingerprint density at radius 3 is 3.33 bits per heavy atom. The van der Waals surface area contributed by atoms with Gasteiger partial charge in [-0.25, -0.2) is 9.79 Å². The van der Waals surface area contributed by atoms with E-state index in [1.165, 1.54) is 0 Å². The van der Waals surface area contributed by atoms with Crippen molar-refractivity contribution in [2.24, 2.45) is 4.99 Å². The van der Waals surface area contributed by atoms with Crippen LogP contribution in [0.3, 0.4) is 0 Å². The average Bonchev–Trinajstić information content (AvgIpc) is 2.17. The monoisotopic (exact) mass is 156 g/mol. The van der Waals surface area contributed by atoms with Crippen molar-refractivity contribution in [1.29, 1.82) is 0 Å². The number of aliphatic imine (C=N–C) groups is 1. The van der Waals surface area contributed by atoms with Crippen molar-refractivity contribution in [1.82, 2.24) is 0 Å². The summed E-state index contributed by atoms with van der Waals surface area (Å²) in [5, 5.41) is 0. The number of hydrogen-bond acceptors (Lipinski definition) is 2. The number of benzene rings is 1. The second kappa shape index (κ2) is 2.76. The van der Waals surface area contributed by atoms with E-state index in [0.717, 1.165) is 17.5 Å². The van der Waals surface area contributed by atoms with Crippen LogP contribution in [0.5, 0.6) is 0 Å². The van der Waals surface area contributed by atoms with Crippen molar-refractivity contribution in [3.05, 3.63) is 35.4 Å². The van der Waals surface area contributed by atoms with E-state index in [-0.39, 0.29) is 0 Å². The molecule has 0 N–H and O–H groups in total. The zero-order valence-electron chi connectivity index (χ0n) is 6.37. The third-order valence-corrected chi connectivity index (χ3v) is 1.83. The van der Waals surface area contributed by atoms with Crippen molar-refractivity contribution < 1.29 is 4.79 Å². The topological polar surface area (TPSA) is 29.4 Å². The van der Waals surface area contributed by atoms with Gasteiger partial charge in [-0.1, -0.05) is 18.2 Å². The molecule has 1 aliphatic rings. The Hall–Kier alpha value is -1.66. The lowest BCUT2D eigenvalue weighted by molar-refractivity contribution is 0.569. The van der Waals surface area contributed by atoms with Crippen LogP contribution < -0.4 is 0 Å². The van der Waals surface area contributed by atoms with Gasteiger partial charge < -0.3 is 0 Å². The van der Waals surface area contributed by atoms with Crippen LogP contribution in [-0.2, 0) is 11.2 Å². The first-order valence-electron chi connectivity index (χ1n) is 3.69. The van der Waals surface area contributed by atoms with Gasteiger partial charge in [0.15, 0.2) is 11.6 Å². The highest BCUT2D eigenvalue weighted by molar-refractivity contribution is 5.94. The molecule has 0 atom stereocenters. The quantitative estimate of drug-likeness (QED) is 0.520. The molecule has 0 unspecified atom stereocenters. The van der Waals surface area contributed by atoms with Crippen molar-refractivity contribution in [2.75, 3.05) is 0 Å². The smallest absolute Gasteiger partial charge is 0.154 e. The molecular formula is C10H6NO. The van der Waals surface area contributed by atoms with Gasteiger partial charge in [-0.05, 0) is 11.6 Å². The lowest BCUT2D eigenvalue weighted by Crippen LogP contribution is -1.99. The Balaban J connectivity index is 2.65. The molecule has 0 aromatic heterocycles. The predicted octanol–water partition coefficient (Wildman–Crippen LogP) is 1.29. The van der Waals surface area contributed by atoms with Gasteiger partial charge in [0.05, 0.1) is 0 Å². The van der Waals surface area contributed by atoms with Crippen LogP contribution in [0, 0.1) is 6.07 Å². The summed E-state index contributed by atoms with van der Waals surface area (Å²) in [6.07, 6.45) is 2.49. The van der Waals surface area contributed by atoms with Gasteiger partial charge in [-0.15, -0.1) is 0 Å². The van der Waals surface area contributed by atoms with E-state index in [1.807, 2.05) is 18.1 Å². The Labute approximate surface area is 70.3 Å². The molecule has 0 bridgehead atoms. The number of nitrogens with zero attached hydrogens (tertiary/aromatic N) is 1. The van der Waals surface area contributed by atoms with Gasteiger partial charge in [-0.2, -0.15) is 0 Å². The van der Waals surface area contributed by atoms with Crippen molar-refractivity contribution >= 4 is 17.9 Å². The fraction of sp³-hybridized carbons (Fsp3) is 0.100. The molecule has 0 saturated carbocycles. The maximum absolute atomic E-state index is 10.4. The zero-order chi connectivity index (χ0) is 8.39. The van der Waals surface area contributed by atoms with E-state index >= 15 is 0 Å². The largest absolute Gasteiger partial charge is 0.248 e. The second-order valence-corrected chi connectivity index (χ2v) is 2.55. The minimum absolute atomic E-state index is 0.394. The summed E-state index contributed by atoms with van der Waals surface area (Å²) in [5.41, 5.74) is 2.36. The Kier molecular flexibility index (Phi) is 1.61. The van der Waals surface area contributed by atoms with Gasteiger partial charge in [0.1, 0.15) is 0 Å². The van der Waals surface area contributed by atoms with Crippen LogP contribution >= 0.6 is 0 Å². The molecule has 2 nitrogen and oxygen atoms in total. The molecule has 0 saturated heterocycles. The molecular weight excluding hydrogens is 150 g/mol. The first kappa shape index (κ1) is 7.01. The van der Waals surface area contributed by atoms with Crippen LogP contribution in [0.4, 0.5) is 0 Å². The maximum Gasteiger partial charge on any atom is 0.154 e. The molecule has 1 aromatic carbocycles. The lowest BCUT2D eigenvalue weighted by Gasteiger charge is -2.08. The van der Waals surface area contributed by atoms with Crippen LogP contribution in [0.15, 0.2) is 23.2 Å². The minimum Gasteiger partial charge on any atom is -0.248 e. The van der Waals surface area contributed by atoms with E-state index in [0.29, 0.717) is 5.70 Å². The SMILES string of the molecule is O=C=C1N=CCc2c[c]ccc21. The van der Waals surface area contributed by atoms with E-state index in [2.05, 4.69) is 11.1 Å². The molecule has 0 fully saturated rings. The summed E-state index contributed by atoms with van der Waals surface area (Å²) in [7, 11) is 0. The molecule has 2 heteroatoms. The molecule has 12 heavy (non-hydrogen) atoms. The molecule has 1 heterocycles. The van der Waals surface area contributed by atoms with Gasteiger partial charge in [0.25, 0.3) is 0 Å². The Bertz CT molecular complexity index is 387. The van der Waals surface area contributed by atoms with E-state index in [9.17, 15) is 4.79 Å². The van der Waals surface area contributed by atoms with Gasteiger partial charge >= 0.3 is 0 Å². The third kappa shape index (κ3) is 0.987. The van der Waals surface area contributed by atoms with E-state index in [1.54, 1.807) is 12.3 Å². The molecule has 1 radical (unpaired) electrons. The highest BCUT2D eigenvalue weighted by Gasteiger charge is 2.09. The fourth-order valence-electron chi connectivity index (χ4n) is 1.25. The minimum atomic E-state index is 0.394. The summed E-state index contributed by atoms with van der Waals surface area (Å²) in [5.74, 6) is 1.81. The third-order valence-electron chi connectivity index (χ3n) is 1.83. The van der Waals surface area contributed by atoms with Crippen LogP contribution in [0.1, 0.15) is 11.1 Å². The van der Waals surface area contributed by atoms with Crippen LogP contribution in [-0.4, -0.2) is 12.2 Å². The summed E-state index contributed by atoms with van der Waals surface area (Å²) in [6.45, 7) is 0. The van der Waals surface area contributed by atoms with Crippen LogP contribution in [0.2, 0.25) is 0 Å². The zero-order valence-corrected chi connectivity index (χ0v) is 6.37. The molecule has 2 rings (SSSR count). The highest BCUT2D eigenvalue weighted by Crippen LogP contribution is 2.20. The molecule has 57 valence electrons. The maximum atomic E-state index is 10.4. The summed E-state index contributed by atoms with van der Waals surface area (Å²) >= 11 is 0. The van der Waals surface area contributed by atoms with E-state index < -0.39 is 0 Å². The Morgan fingerprint density at radius 2 is 2.50 bits per heavy atom. The number of fused-ring (bicyclic) bond motifs is 1. The standard InChI is InChI=1S/C10H6NO/c12-7-10-9-4-2-1-3-8(9)5-6-11-10/h2-4,6H,5H2. The second-order valence-electron chi connectivity index (χ2n) is 2.55. The fourth-order valence-corrected chi connectivity index (χ4v) is 1.25. The summed E-state index contributed by atoms with van der Waals surface area (Å²) in [4.78, 5) is 14.4. The van der Waals surface area contributed by atoms with Crippen molar-refractivity contribution in [3.8, 4) is 0 Å². The molecule has 0 aliphatic carbocycles. The highest BCUT2D eigenvalue weighted by atomic mass is 16.1.